The molecule has 3 rings (SSSR count). The van der Waals surface area contributed by atoms with Crippen LogP contribution in [0.5, 0.6) is 17.2 Å². The first-order chi connectivity index (χ1) is 12.2. The van der Waals surface area contributed by atoms with Gasteiger partial charge < -0.3 is 19.5 Å². The average molecular weight is 338 g/mol. The van der Waals surface area contributed by atoms with Gasteiger partial charge in [-0.25, -0.2) is 0 Å². The van der Waals surface area contributed by atoms with Crippen LogP contribution < -0.4 is 14.4 Å². The zero-order valence-corrected chi connectivity index (χ0v) is 14.5. The van der Waals surface area contributed by atoms with Crippen molar-refractivity contribution in [3.8, 4) is 17.2 Å². The number of aromatic hydroxyl groups is 1. The molecule has 0 saturated heterocycles. The van der Waals surface area contributed by atoms with Crippen LogP contribution in [0.15, 0.2) is 53.0 Å². The van der Waals surface area contributed by atoms with E-state index in [0.29, 0.717) is 19.0 Å². The van der Waals surface area contributed by atoms with Crippen molar-refractivity contribution in [2.24, 2.45) is 4.99 Å². The minimum atomic E-state index is 0.154. The van der Waals surface area contributed by atoms with Crippen molar-refractivity contribution >= 4 is 18.0 Å². The SMILES string of the molecule is CCOc1cc(/C=C2\C=NCN(c3ccc(OC)cc3)C2)ccc1O. The molecule has 0 saturated carbocycles. The lowest BCUT2D eigenvalue weighted by Crippen LogP contribution is -2.29. The summed E-state index contributed by atoms with van der Waals surface area (Å²) in [5.74, 6) is 1.49. The van der Waals surface area contributed by atoms with Gasteiger partial charge in [0.1, 0.15) is 12.4 Å². The van der Waals surface area contributed by atoms with Crippen LogP contribution in [0.2, 0.25) is 0 Å². The van der Waals surface area contributed by atoms with Crippen molar-refractivity contribution in [2.45, 2.75) is 6.92 Å². The number of nitrogens with zero attached hydrogens (tertiary/aromatic N) is 2. The number of anilines is 1. The summed E-state index contributed by atoms with van der Waals surface area (Å²) in [6, 6.07) is 13.3. The quantitative estimate of drug-likeness (QED) is 0.902. The molecule has 1 aliphatic rings. The molecular weight excluding hydrogens is 316 g/mol. The molecule has 1 heterocycles. The van der Waals surface area contributed by atoms with E-state index in [1.54, 1.807) is 13.2 Å². The molecular formula is C20H22N2O3. The maximum Gasteiger partial charge on any atom is 0.161 e. The Morgan fingerprint density at radius 2 is 2.00 bits per heavy atom. The number of methoxy groups -OCH3 is 1. The fourth-order valence-corrected chi connectivity index (χ4v) is 2.72. The number of aliphatic imine (C=N–C) groups is 1. The summed E-state index contributed by atoms with van der Waals surface area (Å²) in [4.78, 5) is 6.64. The summed E-state index contributed by atoms with van der Waals surface area (Å²) in [5, 5.41) is 9.81. The minimum absolute atomic E-state index is 0.154. The number of hydrogen-bond acceptors (Lipinski definition) is 5. The number of ether oxygens (including phenoxy) is 2. The Labute approximate surface area is 147 Å². The molecule has 25 heavy (non-hydrogen) atoms. The summed E-state index contributed by atoms with van der Waals surface area (Å²) in [6.45, 7) is 3.80. The first-order valence-electron chi connectivity index (χ1n) is 8.25. The predicted octanol–water partition coefficient (Wildman–Crippen LogP) is 3.73. The molecule has 2 aromatic rings. The molecule has 0 atom stereocenters. The molecule has 5 nitrogen and oxygen atoms in total. The van der Waals surface area contributed by atoms with Crippen LogP contribution >= 0.6 is 0 Å². The van der Waals surface area contributed by atoms with Crippen LogP contribution in [-0.4, -0.2) is 38.3 Å². The van der Waals surface area contributed by atoms with Gasteiger partial charge >= 0.3 is 0 Å². The third kappa shape index (κ3) is 4.12. The van der Waals surface area contributed by atoms with Crippen LogP contribution in [0.1, 0.15) is 12.5 Å². The van der Waals surface area contributed by atoms with Crippen LogP contribution in [0.4, 0.5) is 5.69 Å². The van der Waals surface area contributed by atoms with E-state index in [-0.39, 0.29) is 5.75 Å². The molecule has 0 aromatic heterocycles. The molecule has 130 valence electrons. The van der Waals surface area contributed by atoms with Crippen molar-refractivity contribution in [3.63, 3.8) is 0 Å². The largest absolute Gasteiger partial charge is 0.504 e. The van der Waals surface area contributed by atoms with Gasteiger partial charge in [0.2, 0.25) is 0 Å². The minimum Gasteiger partial charge on any atom is -0.504 e. The second kappa shape index (κ2) is 7.75. The van der Waals surface area contributed by atoms with Crippen molar-refractivity contribution in [1.82, 2.24) is 0 Å². The number of hydrogen-bond donors (Lipinski definition) is 1. The smallest absolute Gasteiger partial charge is 0.161 e. The Morgan fingerprint density at radius 3 is 2.72 bits per heavy atom. The Kier molecular flexibility index (Phi) is 5.23. The summed E-state index contributed by atoms with van der Waals surface area (Å²) >= 11 is 0. The van der Waals surface area contributed by atoms with E-state index in [2.05, 4.69) is 16.0 Å². The summed E-state index contributed by atoms with van der Waals surface area (Å²) < 4.78 is 10.6. The average Bonchev–Trinajstić information content (AvgIpc) is 2.65. The topological polar surface area (TPSA) is 54.3 Å². The molecule has 1 aliphatic heterocycles. The summed E-state index contributed by atoms with van der Waals surface area (Å²) in [7, 11) is 1.66. The fourth-order valence-electron chi connectivity index (χ4n) is 2.72. The molecule has 1 N–H and O–H groups in total. The van der Waals surface area contributed by atoms with Gasteiger partial charge in [-0.2, -0.15) is 0 Å². The highest BCUT2D eigenvalue weighted by Gasteiger charge is 2.12. The van der Waals surface area contributed by atoms with E-state index in [4.69, 9.17) is 9.47 Å². The maximum atomic E-state index is 9.81. The summed E-state index contributed by atoms with van der Waals surface area (Å²) in [6.07, 6.45) is 3.95. The van der Waals surface area contributed by atoms with Gasteiger partial charge in [-0.05, 0) is 60.5 Å². The molecule has 0 bridgehead atoms. The van der Waals surface area contributed by atoms with Gasteiger partial charge in [0, 0.05) is 18.4 Å². The van der Waals surface area contributed by atoms with E-state index in [0.717, 1.165) is 29.1 Å². The lowest BCUT2D eigenvalue weighted by molar-refractivity contribution is 0.318. The number of phenolic OH excluding ortho intramolecular Hbond substituents is 1. The third-order valence-electron chi connectivity index (χ3n) is 3.96. The van der Waals surface area contributed by atoms with Gasteiger partial charge in [-0.3, -0.25) is 4.99 Å². The second-order valence-corrected chi connectivity index (χ2v) is 5.73. The Bertz CT molecular complexity index is 782. The number of rotatable bonds is 5. The lowest BCUT2D eigenvalue weighted by Gasteiger charge is -2.26. The van der Waals surface area contributed by atoms with E-state index >= 15 is 0 Å². The van der Waals surface area contributed by atoms with Gasteiger partial charge in [0.25, 0.3) is 0 Å². The maximum absolute atomic E-state index is 9.81. The molecule has 0 fully saturated rings. The van der Waals surface area contributed by atoms with Crippen molar-refractivity contribution in [2.75, 3.05) is 31.8 Å². The van der Waals surface area contributed by atoms with Crippen molar-refractivity contribution in [3.05, 3.63) is 53.6 Å². The second-order valence-electron chi connectivity index (χ2n) is 5.73. The zero-order chi connectivity index (χ0) is 17.6. The zero-order valence-electron chi connectivity index (χ0n) is 14.5. The van der Waals surface area contributed by atoms with Crippen LogP contribution in [0.3, 0.4) is 0 Å². The van der Waals surface area contributed by atoms with Crippen LogP contribution in [0, 0.1) is 0 Å². The summed E-state index contributed by atoms with van der Waals surface area (Å²) in [5.41, 5.74) is 3.17. The first kappa shape index (κ1) is 16.9. The van der Waals surface area contributed by atoms with Crippen LogP contribution in [-0.2, 0) is 0 Å². The fraction of sp³-hybridized carbons (Fsp3) is 0.250. The molecule has 0 unspecified atom stereocenters. The molecule has 0 aliphatic carbocycles. The van der Waals surface area contributed by atoms with E-state index < -0.39 is 0 Å². The van der Waals surface area contributed by atoms with Gasteiger partial charge in [-0.1, -0.05) is 6.07 Å². The Hall–Kier alpha value is -2.95. The number of phenols is 1. The van der Waals surface area contributed by atoms with E-state index in [1.807, 2.05) is 49.5 Å². The highest BCUT2D eigenvalue weighted by atomic mass is 16.5. The highest BCUT2D eigenvalue weighted by Crippen LogP contribution is 2.28. The molecule has 5 heteroatoms. The van der Waals surface area contributed by atoms with E-state index in [1.165, 1.54) is 0 Å². The van der Waals surface area contributed by atoms with Gasteiger partial charge in [0.15, 0.2) is 11.5 Å². The highest BCUT2D eigenvalue weighted by molar-refractivity contribution is 5.88. The van der Waals surface area contributed by atoms with Gasteiger partial charge in [-0.15, -0.1) is 0 Å². The van der Waals surface area contributed by atoms with Gasteiger partial charge in [0.05, 0.1) is 13.7 Å². The number of benzene rings is 2. The monoisotopic (exact) mass is 338 g/mol. The van der Waals surface area contributed by atoms with Crippen LogP contribution in [0.25, 0.3) is 6.08 Å². The molecule has 0 radical (unpaired) electrons. The Balaban J connectivity index is 1.78. The lowest BCUT2D eigenvalue weighted by atomic mass is 10.1. The predicted molar refractivity (Wildman–Crippen MR) is 101 cm³/mol. The van der Waals surface area contributed by atoms with E-state index in [9.17, 15) is 5.11 Å². The standard InChI is InChI=1S/C20H22N2O3/c1-3-25-20-11-15(4-9-19(20)23)10-16-12-21-14-22(13-16)17-5-7-18(24-2)8-6-17/h4-12,23H,3,13-14H2,1-2H3/b16-10+. The molecule has 2 aromatic carbocycles. The third-order valence-corrected chi connectivity index (χ3v) is 3.96. The normalized spacial score (nSPS) is 15.4. The molecule has 0 spiro atoms. The first-order valence-corrected chi connectivity index (χ1v) is 8.25. The van der Waals surface area contributed by atoms with Crippen molar-refractivity contribution < 1.29 is 14.6 Å². The molecule has 0 amide bonds. The van der Waals surface area contributed by atoms with Crippen molar-refractivity contribution in [1.29, 1.82) is 0 Å². The Morgan fingerprint density at radius 1 is 1.20 bits per heavy atom.